The highest BCUT2D eigenvalue weighted by molar-refractivity contribution is 7.80. The number of amides is 1. The van der Waals surface area contributed by atoms with E-state index in [4.69, 9.17) is 21.5 Å². The van der Waals surface area contributed by atoms with E-state index in [1.807, 2.05) is 30.3 Å². The van der Waals surface area contributed by atoms with Crippen molar-refractivity contribution in [2.75, 3.05) is 17.7 Å². The molecule has 0 fully saturated rings. The molecular formula is C22H23N5O4S. The van der Waals surface area contributed by atoms with Crippen LogP contribution in [0.5, 0.6) is 0 Å². The lowest BCUT2D eigenvalue weighted by Gasteiger charge is -2.18. The Hall–Kier alpha value is -3.79. The Balaban J connectivity index is 1.62. The molecule has 2 aromatic carbocycles. The number of benzene rings is 2. The average molecular weight is 454 g/mol. The van der Waals surface area contributed by atoms with Crippen LogP contribution in [-0.4, -0.2) is 40.3 Å². The Morgan fingerprint density at radius 3 is 2.22 bits per heavy atom. The van der Waals surface area contributed by atoms with Crippen LogP contribution in [0.15, 0.2) is 59.1 Å². The van der Waals surface area contributed by atoms with Crippen molar-refractivity contribution in [2.24, 2.45) is 5.92 Å². The number of thiocarbonyl (C=S) groups is 1. The number of rotatable bonds is 7. The van der Waals surface area contributed by atoms with E-state index >= 15 is 0 Å². The van der Waals surface area contributed by atoms with E-state index < -0.39 is 17.9 Å². The summed E-state index contributed by atoms with van der Waals surface area (Å²) in [6, 6.07) is 15.9. The fourth-order valence-corrected chi connectivity index (χ4v) is 3.01. The van der Waals surface area contributed by atoms with Gasteiger partial charge in [-0.2, -0.15) is 4.98 Å². The Bertz CT molecular complexity index is 1080. The number of para-hydroxylation sites is 1. The van der Waals surface area contributed by atoms with Crippen molar-refractivity contribution < 1.29 is 18.8 Å². The van der Waals surface area contributed by atoms with Crippen LogP contribution in [0.3, 0.4) is 0 Å². The van der Waals surface area contributed by atoms with E-state index in [0.29, 0.717) is 10.7 Å². The molecule has 0 aliphatic carbocycles. The summed E-state index contributed by atoms with van der Waals surface area (Å²) in [6.07, 6.45) is 0. The van der Waals surface area contributed by atoms with Crippen LogP contribution < -0.4 is 16.0 Å². The highest BCUT2D eigenvalue weighted by atomic mass is 32.1. The molecule has 0 aliphatic rings. The maximum atomic E-state index is 12.4. The third-order valence-electron chi connectivity index (χ3n) is 4.46. The number of hydrogen-bond acceptors (Lipinski definition) is 7. The minimum absolute atomic E-state index is 0.170. The summed E-state index contributed by atoms with van der Waals surface area (Å²) in [7, 11) is 1.26. The molecule has 1 amide bonds. The minimum Gasteiger partial charge on any atom is -0.467 e. The minimum atomic E-state index is -0.818. The first-order valence-corrected chi connectivity index (χ1v) is 10.2. The van der Waals surface area contributed by atoms with E-state index in [-0.39, 0.29) is 17.6 Å². The zero-order valence-electron chi connectivity index (χ0n) is 17.8. The van der Waals surface area contributed by atoms with Gasteiger partial charge in [0, 0.05) is 16.9 Å². The number of carbonyl (C=O) groups is 2. The van der Waals surface area contributed by atoms with E-state index in [2.05, 4.69) is 26.1 Å². The van der Waals surface area contributed by atoms with Gasteiger partial charge in [-0.05, 0) is 54.5 Å². The van der Waals surface area contributed by atoms with E-state index in [9.17, 15) is 9.59 Å². The molecule has 9 nitrogen and oxygen atoms in total. The number of nitrogens with zero attached hydrogens (tertiary/aromatic N) is 2. The number of aromatic nitrogens is 2. The molecule has 0 radical (unpaired) electrons. The maximum Gasteiger partial charge on any atom is 0.328 e. The number of ether oxygens (including phenoxy) is 1. The lowest BCUT2D eigenvalue weighted by atomic mass is 10.0. The van der Waals surface area contributed by atoms with Gasteiger partial charge in [0.05, 0.1) is 7.11 Å². The van der Waals surface area contributed by atoms with Crippen LogP contribution in [0.1, 0.15) is 24.5 Å². The van der Waals surface area contributed by atoms with Crippen molar-refractivity contribution in [1.29, 1.82) is 0 Å². The number of esters is 1. The first kappa shape index (κ1) is 22.9. The van der Waals surface area contributed by atoms with Crippen molar-refractivity contribution in [2.45, 2.75) is 19.9 Å². The van der Waals surface area contributed by atoms with Gasteiger partial charge in [0.25, 0.3) is 0 Å². The summed E-state index contributed by atoms with van der Waals surface area (Å²) in [6.45, 7) is 3.58. The molecule has 0 saturated heterocycles. The van der Waals surface area contributed by atoms with Crippen molar-refractivity contribution in [3.8, 4) is 11.4 Å². The van der Waals surface area contributed by atoms with Gasteiger partial charge in [-0.3, -0.25) is 4.79 Å². The fourth-order valence-electron chi connectivity index (χ4n) is 2.78. The molecule has 0 saturated carbocycles. The molecule has 10 heteroatoms. The summed E-state index contributed by atoms with van der Waals surface area (Å²) in [4.78, 5) is 28.4. The van der Waals surface area contributed by atoms with Gasteiger partial charge in [0.15, 0.2) is 5.11 Å². The van der Waals surface area contributed by atoms with Crippen LogP contribution in [0.25, 0.3) is 11.4 Å². The largest absolute Gasteiger partial charge is 0.467 e. The molecule has 1 atom stereocenters. The van der Waals surface area contributed by atoms with Gasteiger partial charge >= 0.3 is 17.8 Å². The standard InChI is InChI=1S/C22H23N5O4S/c1-13(2)17(21(29)30-3)25-19(28)20-26-18(27-31-20)14-9-11-16(12-10-14)24-22(32)23-15-7-5-4-6-8-15/h4-13,17H,1-3H3,(H,25,28)(H2,23,24,32). The van der Waals surface area contributed by atoms with Gasteiger partial charge in [0.1, 0.15) is 6.04 Å². The van der Waals surface area contributed by atoms with E-state index in [1.165, 1.54) is 7.11 Å². The summed E-state index contributed by atoms with van der Waals surface area (Å²) >= 11 is 5.32. The zero-order valence-corrected chi connectivity index (χ0v) is 18.6. The third kappa shape index (κ3) is 5.88. The molecular weight excluding hydrogens is 430 g/mol. The van der Waals surface area contributed by atoms with Gasteiger partial charge < -0.3 is 25.2 Å². The normalized spacial score (nSPS) is 11.5. The summed E-state index contributed by atoms with van der Waals surface area (Å²) in [5.74, 6) is -1.37. The molecule has 166 valence electrons. The Morgan fingerprint density at radius 2 is 1.62 bits per heavy atom. The average Bonchev–Trinajstić information content (AvgIpc) is 3.28. The zero-order chi connectivity index (χ0) is 23.1. The lowest BCUT2D eigenvalue weighted by molar-refractivity contribution is -0.144. The summed E-state index contributed by atoms with van der Waals surface area (Å²) in [5, 5.41) is 13.0. The summed E-state index contributed by atoms with van der Waals surface area (Å²) in [5.41, 5.74) is 2.29. The predicted molar refractivity (Wildman–Crippen MR) is 124 cm³/mol. The number of methoxy groups -OCH3 is 1. The molecule has 3 rings (SSSR count). The van der Waals surface area contributed by atoms with Gasteiger partial charge in [-0.15, -0.1) is 0 Å². The summed E-state index contributed by atoms with van der Waals surface area (Å²) < 4.78 is 9.78. The molecule has 1 aromatic heterocycles. The van der Waals surface area contributed by atoms with Crippen LogP contribution >= 0.6 is 12.2 Å². The van der Waals surface area contributed by atoms with Gasteiger partial charge in [0.2, 0.25) is 5.82 Å². The predicted octanol–water partition coefficient (Wildman–Crippen LogP) is 3.47. The Morgan fingerprint density at radius 1 is 1.00 bits per heavy atom. The second-order valence-corrected chi connectivity index (χ2v) is 7.57. The molecule has 3 aromatic rings. The van der Waals surface area contributed by atoms with Crippen LogP contribution in [-0.2, 0) is 9.53 Å². The molecule has 0 bridgehead atoms. The lowest BCUT2D eigenvalue weighted by Crippen LogP contribution is -2.45. The number of hydrogen-bond donors (Lipinski definition) is 3. The van der Waals surface area contributed by atoms with Crippen LogP contribution in [0.2, 0.25) is 0 Å². The maximum absolute atomic E-state index is 12.4. The van der Waals surface area contributed by atoms with Crippen molar-refractivity contribution >= 4 is 40.6 Å². The quantitative estimate of drug-likeness (QED) is 0.365. The van der Waals surface area contributed by atoms with Crippen LogP contribution in [0, 0.1) is 5.92 Å². The first-order valence-electron chi connectivity index (χ1n) is 9.83. The Kier molecular flexibility index (Phi) is 7.50. The van der Waals surface area contributed by atoms with Crippen molar-refractivity contribution in [3.63, 3.8) is 0 Å². The molecule has 3 N–H and O–H groups in total. The molecule has 1 heterocycles. The highest BCUT2D eigenvalue weighted by Gasteiger charge is 2.27. The van der Waals surface area contributed by atoms with Gasteiger partial charge in [-0.25, -0.2) is 4.79 Å². The van der Waals surface area contributed by atoms with E-state index in [1.54, 1.807) is 38.1 Å². The number of carbonyl (C=O) groups excluding carboxylic acids is 2. The second kappa shape index (κ2) is 10.5. The van der Waals surface area contributed by atoms with E-state index in [0.717, 1.165) is 11.4 Å². The molecule has 0 aliphatic heterocycles. The van der Waals surface area contributed by atoms with Crippen molar-refractivity contribution in [3.05, 3.63) is 60.5 Å². The SMILES string of the molecule is COC(=O)C(NC(=O)c1nc(-c2ccc(NC(=S)Nc3ccccc3)cc2)no1)C(C)C. The number of nitrogens with one attached hydrogen (secondary N) is 3. The van der Waals surface area contributed by atoms with Crippen molar-refractivity contribution in [1.82, 2.24) is 15.5 Å². The van der Waals surface area contributed by atoms with Gasteiger partial charge in [-0.1, -0.05) is 37.2 Å². The fraction of sp³-hybridized carbons (Fsp3) is 0.227. The first-order chi connectivity index (χ1) is 15.4. The van der Waals surface area contributed by atoms with Crippen LogP contribution in [0.4, 0.5) is 11.4 Å². The third-order valence-corrected chi connectivity index (χ3v) is 4.67. The smallest absolute Gasteiger partial charge is 0.328 e. The molecule has 32 heavy (non-hydrogen) atoms. The topological polar surface area (TPSA) is 118 Å². The Labute approximate surface area is 190 Å². The second-order valence-electron chi connectivity index (χ2n) is 7.16. The number of anilines is 2. The molecule has 1 unspecified atom stereocenters. The highest BCUT2D eigenvalue weighted by Crippen LogP contribution is 2.19. The monoisotopic (exact) mass is 453 g/mol. The molecule has 0 spiro atoms.